The number of pyridine rings is 1. The second-order valence-corrected chi connectivity index (χ2v) is 6.90. The lowest BCUT2D eigenvalue weighted by atomic mass is 9.85. The van der Waals surface area contributed by atoms with E-state index in [4.69, 9.17) is 4.98 Å². The molecule has 2 unspecified atom stereocenters. The molecule has 0 amide bonds. The summed E-state index contributed by atoms with van der Waals surface area (Å²) in [4.78, 5) is 7.31. The standard InChI is InChI=1S/C18H31N3/c1-14(2)19-12-16-9-7-10-17(20-16)13-21(4)18-11-6-5-8-15(18)3/h7,9-10,14-15,18-19H,5-6,8,11-13H2,1-4H3. The second-order valence-electron chi connectivity index (χ2n) is 6.90. The quantitative estimate of drug-likeness (QED) is 0.867. The maximum atomic E-state index is 4.80. The highest BCUT2D eigenvalue weighted by Crippen LogP contribution is 2.28. The summed E-state index contributed by atoms with van der Waals surface area (Å²) in [5.41, 5.74) is 2.34. The summed E-state index contributed by atoms with van der Waals surface area (Å²) < 4.78 is 0. The van der Waals surface area contributed by atoms with Gasteiger partial charge in [0, 0.05) is 25.2 Å². The predicted molar refractivity (Wildman–Crippen MR) is 89.1 cm³/mol. The zero-order valence-corrected chi connectivity index (χ0v) is 14.1. The van der Waals surface area contributed by atoms with Gasteiger partial charge in [-0.3, -0.25) is 9.88 Å². The minimum Gasteiger partial charge on any atom is -0.309 e. The molecule has 2 rings (SSSR count). The molecule has 0 bridgehead atoms. The van der Waals surface area contributed by atoms with Gasteiger partial charge in [-0.05, 0) is 37.9 Å². The number of rotatable bonds is 6. The van der Waals surface area contributed by atoms with Crippen molar-refractivity contribution in [2.45, 2.75) is 71.6 Å². The van der Waals surface area contributed by atoms with E-state index in [1.807, 2.05) is 0 Å². The fraction of sp³-hybridized carbons (Fsp3) is 0.722. The lowest BCUT2D eigenvalue weighted by Gasteiger charge is -2.36. The van der Waals surface area contributed by atoms with Crippen molar-refractivity contribution in [3.05, 3.63) is 29.6 Å². The fourth-order valence-electron chi connectivity index (χ4n) is 3.35. The summed E-state index contributed by atoms with van der Waals surface area (Å²) in [6, 6.07) is 7.63. The van der Waals surface area contributed by atoms with E-state index in [2.05, 4.69) is 56.2 Å². The van der Waals surface area contributed by atoms with Gasteiger partial charge in [0.05, 0.1) is 11.4 Å². The summed E-state index contributed by atoms with van der Waals surface area (Å²) in [6.45, 7) is 8.56. The van der Waals surface area contributed by atoms with Gasteiger partial charge in [0.15, 0.2) is 0 Å². The minimum absolute atomic E-state index is 0.501. The van der Waals surface area contributed by atoms with Crippen LogP contribution in [-0.4, -0.2) is 29.0 Å². The molecular weight excluding hydrogens is 258 g/mol. The number of hydrogen-bond acceptors (Lipinski definition) is 3. The van der Waals surface area contributed by atoms with Crippen molar-refractivity contribution in [3.63, 3.8) is 0 Å². The molecule has 0 aliphatic heterocycles. The lowest BCUT2D eigenvalue weighted by Crippen LogP contribution is -2.38. The molecule has 1 fully saturated rings. The molecule has 1 N–H and O–H groups in total. The van der Waals surface area contributed by atoms with Gasteiger partial charge < -0.3 is 5.32 Å². The lowest BCUT2D eigenvalue weighted by molar-refractivity contribution is 0.132. The number of aromatic nitrogens is 1. The van der Waals surface area contributed by atoms with Crippen LogP contribution in [-0.2, 0) is 13.1 Å². The van der Waals surface area contributed by atoms with Gasteiger partial charge in [0.1, 0.15) is 0 Å². The van der Waals surface area contributed by atoms with Crippen molar-refractivity contribution in [3.8, 4) is 0 Å². The van der Waals surface area contributed by atoms with Crippen molar-refractivity contribution in [1.82, 2.24) is 15.2 Å². The van der Waals surface area contributed by atoms with E-state index in [9.17, 15) is 0 Å². The molecule has 1 aromatic heterocycles. The molecule has 1 aliphatic rings. The fourth-order valence-corrected chi connectivity index (χ4v) is 3.35. The van der Waals surface area contributed by atoms with Crippen LogP contribution in [0.25, 0.3) is 0 Å². The Labute approximate surface area is 130 Å². The molecule has 3 nitrogen and oxygen atoms in total. The zero-order chi connectivity index (χ0) is 15.2. The predicted octanol–water partition coefficient (Wildman–Crippen LogP) is 3.59. The summed E-state index contributed by atoms with van der Waals surface area (Å²) in [5.74, 6) is 0.814. The average molecular weight is 289 g/mol. The monoisotopic (exact) mass is 289 g/mol. The first kappa shape index (κ1) is 16.4. The number of hydrogen-bond donors (Lipinski definition) is 1. The van der Waals surface area contributed by atoms with Crippen LogP contribution in [0, 0.1) is 5.92 Å². The van der Waals surface area contributed by atoms with Crippen LogP contribution >= 0.6 is 0 Å². The van der Waals surface area contributed by atoms with E-state index in [1.54, 1.807) is 0 Å². The highest BCUT2D eigenvalue weighted by atomic mass is 15.1. The Morgan fingerprint density at radius 2 is 1.95 bits per heavy atom. The van der Waals surface area contributed by atoms with Gasteiger partial charge in [-0.15, -0.1) is 0 Å². The Morgan fingerprint density at radius 1 is 1.24 bits per heavy atom. The molecule has 0 radical (unpaired) electrons. The van der Waals surface area contributed by atoms with Gasteiger partial charge >= 0.3 is 0 Å². The Hall–Kier alpha value is -0.930. The molecule has 1 saturated carbocycles. The Bertz CT molecular complexity index is 430. The highest BCUT2D eigenvalue weighted by molar-refractivity contribution is 5.11. The van der Waals surface area contributed by atoms with Crippen molar-refractivity contribution < 1.29 is 0 Å². The normalized spacial score (nSPS) is 23.0. The molecule has 2 atom stereocenters. The molecule has 1 heterocycles. The van der Waals surface area contributed by atoms with Crippen LogP contribution in [0.5, 0.6) is 0 Å². The summed E-state index contributed by atoms with van der Waals surface area (Å²) in [5, 5.41) is 3.44. The molecular formula is C18H31N3. The maximum absolute atomic E-state index is 4.80. The van der Waals surface area contributed by atoms with Crippen LogP contribution in [0.3, 0.4) is 0 Å². The molecule has 3 heteroatoms. The Morgan fingerprint density at radius 3 is 2.67 bits per heavy atom. The number of nitrogens with zero attached hydrogens (tertiary/aromatic N) is 2. The molecule has 21 heavy (non-hydrogen) atoms. The summed E-state index contributed by atoms with van der Waals surface area (Å²) >= 11 is 0. The third-order valence-corrected chi connectivity index (χ3v) is 4.60. The van der Waals surface area contributed by atoms with Gasteiger partial charge in [-0.25, -0.2) is 0 Å². The largest absolute Gasteiger partial charge is 0.309 e. The van der Waals surface area contributed by atoms with Crippen molar-refractivity contribution >= 4 is 0 Å². The van der Waals surface area contributed by atoms with E-state index < -0.39 is 0 Å². The summed E-state index contributed by atoms with van der Waals surface area (Å²) in [7, 11) is 2.26. The first-order valence-electron chi connectivity index (χ1n) is 8.44. The van der Waals surface area contributed by atoms with Gasteiger partial charge in [0.2, 0.25) is 0 Å². The molecule has 1 aromatic rings. The van der Waals surface area contributed by atoms with Crippen LogP contribution in [0.1, 0.15) is 57.8 Å². The molecule has 0 saturated heterocycles. The second kappa shape index (κ2) is 7.90. The van der Waals surface area contributed by atoms with E-state index in [-0.39, 0.29) is 0 Å². The molecule has 1 aliphatic carbocycles. The molecule has 0 spiro atoms. The Balaban J connectivity index is 1.93. The van der Waals surface area contributed by atoms with Crippen molar-refractivity contribution in [1.29, 1.82) is 0 Å². The van der Waals surface area contributed by atoms with Crippen molar-refractivity contribution in [2.24, 2.45) is 5.92 Å². The van der Waals surface area contributed by atoms with Gasteiger partial charge in [-0.1, -0.05) is 39.7 Å². The number of nitrogens with one attached hydrogen (secondary N) is 1. The van der Waals surface area contributed by atoms with E-state index >= 15 is 0 Å². The van der Waals surface area contributed by atoms with Crippen LogP contribution in [0.15, 0.2) is 18.2 Å². The van der Waals surface area contributed by atoms with Crippen LogP contribution in [0.4, 0.5) is 0 Å². The van der Waals surface area contributed by atoms with Crippen molar-refractivity contribution in [2.75, 3.05) is 7.05 Å². The third kappa shape index (κ3) is 5.08. The van der Waals surface area contributed by atoms with E-state index in [0.29, 0.717) is 6.04 Å². The first-order valence-corrected chi connectivity index (χ1v) is 8.44. The average Bonchev–Trinajstić information content (AvgIpc) is 2.46. The SMILES string of the molecule is CC(C)NCc1cccc(CN(C)C2CCCCC2C)n1. The summed E-state index contributed by atoms with van der Waals surface area (Å²) in [6.07, 6.45) is 5.50. The zero-order valence-electron chi connectivity index (χ0n) is 14.1. The molecule has 118 valence electrons. The van der Waals surface area contributed by atoms with E-state index in [0.717, 1.165) is 30.7 Å². The molecule has 0 aromatic carbocycles. The Kier molecular flexibility index (Phi) is 6.19. The highest BCUT2D eigenvalue weighted by Gasteiger charge is 2.24. The third-order valence-electron chi connectivity index (χ3n) is 4.60. The topological polar surface area (TPSA) is 28.2 Å². The van der Waals surface area contributed by atoms with Crippen LogP contribution < -0.4 is 5.32 Å². The minimum atomic E-state index is 0.501. The van der Waals surface area contributed by atoms with Gasteiger partial charge in [-0.2, -0.15) is 0 Å². The smallest absolute Gasteiger partial charge is 0.0547 e. The van der Waals surface area contributed by atoms with Crippen LogP contribution in [0.2, 0.25) is 0 Å². The first-order chi connectivity index (χ1) is 10.1. The maximum Gasteiger partial charge on any atom is 0.0547 e. The van der Waals surface area contributed by atoms with Gasteiger partial charge in [0.25, 0.3) is 0 Å². The van der Waals surface area contributed by atoms with E-state index in [1.165, 1.54) is 31.4 Å².